The molecular weight excluding hydrogens is 286 g/mol. The molecule has 4 nitrogen and oxygen atoms in total. The predicted octanol–water partition coefficient (Wildman–Crippen LogP) is 3.35. The molecule has 0 amide bonds. The molecule has 0 unspecified atom stereocenters. The van der Waals surface area contributed by atoms with E-state index in [1.807, 2.05) is 18.2 Å². The van der Waals surface area contributed by atoms with Gasteiger partial charge in [0, 0.05) is 5.69 Å². The Morgan fingerprint density at radius 2 is 2.18 bits per heavy atom. The van der Waals surface area contributed by atoms with Gasteiger partial charge in [-0.05, 0) is 46.3 Å². The van der Waals surface area contributed by atoms with Crippen LogP contribution < -0.4 is 5.32 Å². The van der Waals surface area contributed by atoms with E-state index in [-0.39, 0.29) is 5.56 Å². The highest BCUT2D eigenvalue weighted by Gasteiger charge is 2.03. The van der Waals surface area contributed by atoms with Crippen LogP contribution in [0.15, 0.2) is 45.5 Å². The summed E-state index contributed by atoms with van der Waals surface area (Å²) < 4.78 is 6.00. The van der Waals surface area contributed by atoms with Crippen LogP contribution in [0.3, 0.4) is 0 Å². The normalized spacial score (nSPS) is 10.2. The molecule has 5 heteroatoms. The lowest BCUT2D eigenvalue weighted by Gasteiger charge is -2.04. The first-order valence-electron chi connectivity index (χ1n) is 4.96. The highest BCUT2D eigenvalue weighted by Crippen LogP contribution is 2.16. The highest BCUT2D eigenvalue weighted by molar-refractivity contribution is 9.10. The Balaban J connectivity index is 2.04. The van der Waals surface area contributed by atoms with E-state index in [9.17, 15) is 4.79 Å². The quantitative estimate of drug-likeness (QED) is 0.908. The molecule has 88 valence electrons. The van der Waals surface area contributed by atoms with E-state index in [0.717, 1.165) is 11.4 Å². The van der Waals surface area contributed by atoms with Crippen molar-refractivity contribution in [2.24, 2.45) is 0 Å². The summed E-state index contributed by atoms with van der Waals surface area (Å²) in [5, 5.41) is 11.9. The maximum Gasteiger partial charge on any atom is 0.335 e. The largest absolute Gasteiger partial charge is 0.478 e. The number of carboxylic acids is 1. The third kappa shape index (κ3) is 3.10. The van der Waals surface area contributed by atoms with E-state index in [2.05, 4.69) is 21.2 Å². The average Bonchev–Trinajstić information content (AvgIpc) is 2.73. The van der Waals surface area contributed by atoms with E-state index < -0.39 is 5.97 Å². The van der Waals surface area contributed by atoms with Crippen molar-refractivity contribution in [2.75, 3.05) is 5.32 Å². The van der Waals surface area contributed by atoms with Gasteiger partial charge in [0.25, 0.3) is 0 Å². The van der Waals surface area contributed by atoms with Crippen LogP contribution >= 0.6 is 15.9 Å². The fourth-order valence-corrected chi connectivity index (χ4v) is 1.74. The number of hydrogen-bond acceptors (Lipinski definition) is 3. The van der Waals surface area contributed by atoms with E-state index in [4.69, 9.17) is 9.52 Å². The molecule has 0 spiro atoms. The summed E-state index contributed by atoms with van der Waals surface area (Å²) in [6.45, 7) is 0.509. The zero-order valence-electron chi connectivity index (χ0n) is 8.81. The number of halogens is 1. The summed E-state index contributed by atoms with van der Waals surface area (Å²) in [5.74, 6) is -0.160. The van der Waals surface area contributed by atoms with Crippen LogP contribution in [-0.2, 0) is 6.54 Å². The van der Waals surface area contributed by atoms with Crippen LogP contribution in [0.1, 0.15) is 16.1 Å². The SMILES string of the molecule is O=C(O)c1cccc(NCc2ccc(Br)o2)c1. The van der Waals surface area contributed by atoms with Gasteiger partial charge in [0.2, 0.25) is 0 Å². The van der Waals surface area contributed by atoms with Crippen molar-refractivity contribution in [1.82, 2.24) is 0 Å². The molecule has 0 fully saturated rings. The van der Waals surface area contributed by atoms with Crippen LogP contribution in [0.2, 0.25) is 0 Å². The van der Waals surface area contributed by atoms with Crippen molar-refractivity contribution in [1.29, 1.82) is 0 Å². The van der Waals surface area contributed by atoms with E-state index in [0.29, 0.717) is 11.2 Å². The van der Waals surface area contributed by atoms with Gasteiger partial charge in [0.05, 0.1) is 12.1 Å². The molecule has 2 aromatic rings. The Labute approximate surface area is 106 Å². The minimum absolute atomic E-state index is 0.260. The second-order valence-electron chi connectivity index (χ2n) is 3.45. The van der Waals surface area contributed by atoms with Gasteiger partial charge in [0.1, 0.15) is 5.76 Å². The number of aromatic carboxylic acids is 1. The molecule has 0 radical (unpaired) electrons. The monoisotopic (exact) mass is 295 g/mol. The molecule has 1 aromatic carbocycles. The summed E-state index contributed by atoms with van der Waals surface area (Å²) in [6, 6.07) is 10.3. The molecule has 0 bridgehead atoms. The van der Waals surface area contributed by atoms with Gasteiger partial charge in [-0.15, -0.1) is 0 Å². The van der Waals surface area contributed by atoms with Gasteiger partial charge in [0.15, 0.2) is 4.67 Å². The topological polar surface area (TPSA) is 62.5 Å². The molecule has 2 N–H and O–H groups in total. The third-order valence-electron chi connectivity index (χ3n) is 2.21. The molecule has 0 aliphatic heterocycles. The summed E-state index contributed by atoms with van der Waals surface area (Å²) in [5.41, 5.74) is 1.01. The first-order chi connectivity index (χ1) is 8.15. The number of furan rings is 1. The van der Waals surface area contributed by atoms with Crippen molar-refractivity contribution in [2.45, 2.75) is 6.54 Å². The zero-order valence-corrected chi connectivity index (χ0v) is 10.4. The molecule has 17 heavy (non-hydrogen) atoms. The Morgan fingerprint density at radius 3 is 2.82 bits per heavy atom. The average molecular weight is 296 g/mol. The summed E-state index contributed by atoms with van der Waals surface area (Å²) in [7, 11) is 0. The summed E-state index contributed by atoms with van der Waals surface area (Å²) in [6.07, 6.45) is 0. The summed E-state index contributed by atoms with van der Waals surface area (Å²) >= 11 is 3.22. The van der Waals surface area contributed by atoms with E-state index in [1.165, 1.54) is 0 Å². The highest BCUT2D eigenvalue weighted by atomic mass is 79.9. The molecule has 0 atom stereocenters. The number of nitrogens with one attached hydrogen (secondary N) is 1. The number of hydrogen-bond donors (Lipinski definition) is 2. The van der Waals surface area contributed by atoms with Crippen molar-refractivity contribution < 1.29 is 14.3 Å². The van der Waals surface area contributed by atoms with Crippen LogP contribution in [0, 0.1) is 0 Å². The van der Waals surface area contributed by atoms with E-state index >= 15 is 0 Å². The fourth-order valence-electron chi connectivity index (χ4n) is 1.40. The Kier molecular flexibility index (Phi) is 3.49. The van der Waals surface area contributed by atoms with Crippen LogP contribution in [0.4, 0.5) is 5.69 Å². The van der Waals surface area contributed by atoms with Crippen molar-refractivity contribution in [3.63, 3.8) is 0 Å². The van der Waals surface area contributed by atoms with Gasteiger partial charge in [-0.1, -0.05) is 6.07 Å². The van der Waals surface area contributed by atoms with Crippen LogP contribution in [0.25, 0.3) is 0 Å². The molecule has 0 aliphatic carbocycles. The van der Waals surface area contributed by atoms with Crippen LogP contribution in [0.5, 0.6) is 0 Å². The maximum absolute atomic E-state index is 10.8. The lowest BCUT2D eigenvalue weighted by molar-refractivity contribution is 0.0697. The number of carbonyl (C=O) groups is 1. The van der Waals surface area contributed by atoms with Gasteiger partial charge in [-0.25, -0.2) is 4.79 Å². The van der Waals surface area contributed by atoms with Gasteiger partial charge < -0.3 is 14.8 Å². The number of benzene rings is 1. The Morgan fingerprint density at radius 1 is 1.35 bits per heavy atom. The number of anilines is 1. The molecule has 1 heterocycles. The lowest BCUT2D eigenvalue weighted by Crippen LogP contribution is -2.01. The molecule has 0 saturated heterocycles. The van der Waals surface area contributed by atoms with Crippen molar-refractivity contribution in [3.8, 4) is 0 Å². The van der Waals surface area contributed by atoms with Crippen molar-refractivity contribution in [3.05, 3.63) is 52.4 Å². The smallest absolute Gasteiger partial charge is 0.335 e. The van der Waals surface area contributed by atoms with Gasteiger partial charge in [-0.2, -0.15) is 0 Å². The standard InChI is InChI=1S/C12H10BrNO3/c13-11-5-4-10(17-11)7-14-9-3-1-2-8(6-9)12(15)16/h1-6,14H,7H2,(H,15,16). The molecule has 2 rings (SSSR count). The molecule has 0 saturated carbocycles. The Hall–Kier alpha value is -1.75. The molecule has 1 aromatic heterocycles. The maximum atomic E-state index is 10.8. The van der Waals surface area contributed by atoms with Gasteiger partial charge >= 0.3 is 5.97 Å². The first kappa shape index (κ1) is 11.7. The molecular formula is C12H10BrNO3. The second-order valence-corrected chi connectivity index (χ2v) is 4.23. The minimum Gasteiger partial charge on any atom is -0.478 e. The number of carboxylic acid groups (broad SMARTS) is 1. The Bertz CT molecular complexity index is 536. The van der Waals surface area contributed by atoms with Crippen molar-refractivity contribution >= 4 is 27.6 Å². The second kappa shape index (κ2) is 5.05. The van der Waals surface area contributed by atoms with Crippen LogP contribution in [-0.4, -0.2) is 11.1 Å². The lowest BCUT2D eigenvalue weighted by atomic mass is 10.2. The first-order valence-corrected chi connectivity index (χ1v) is 5.76. The zero-order chi connectivity index (χ0) is 12.3. The minimum atomic E-state index is -0.936. The fraction of sp³-hybridized carbons (Fsp3) is 0.0833. The summed E-state index contributed by atoms with van der Waals surface area (Å²) in [4.78, 5) is 10.8. The van der Waals surface area contributed by atoms with Gasteiger partial charge in [-0.3, -0.25) is 0 Å². The predicted molar refractivity (Wildman–Crippen MR) is 67.1 cm³/mol. The third-order valence-corrected chi connectivity index (χ3v) is 2.63. The molecule has 0 aliphatic rings. The van der Waals surface area contributed by atoms with E-state index in [1.54, 1.807) is 18.2 Å². The number of rotatable bonds is 4.